The van der Waals surface area contributed by atoms with Crippen molar-refractivity contribution in [3.8, 4) is 5.88 Å². The Kier molecular flexibility index (Phi) is 5.31. The van der Waals surface area contributed by atoms with Crippen LogP contribution in [0, 0.1) is 0 Å². The molecular formula is C20H21N3O3. The van der Waals surface area contributed by atoms with Crippen molar-refractivity contribution in [2.24, 2.45) is 0 Å². The lowest BCUT2D eigenvalue weighted by molar-refractivity contribution is -0.130. The number of methoxy groups -OCH3 is 1. The largest absolute Gasteiger partial charge is 0.481 e. The molecule has 0 aliphatic carbocycles. The quantitative estimate of drug-likeness (QED) is 0.899. The molecule has 0 bridgehead atoms. The number of rotatable bonds is 5. The number of benzene rings is 1. The summed E-state index contributed by atoms with van der Waals surface area (Å²) in [6.07, 6.45) is 5.51. The Morgan fingerprint density at radius 1 is 1.23 bits per heavy atom. The lowest BCUT2D eigenvalue weighted by atomic mass is 9.93. The first-order chi connectivity index (χ1) is 12.6. The second-order valence-corrected chi connectivity index (χ2v) is 6.08. The zero-order valence-corrected chi connectivity index (χ0v) is 14.8. The van der Waals surface area contributed by atoms with Crippen molar-refractivity contribution >= 4 is 17.9 Å². The molecule has 2 heterocycles. The summed E-state index contributed by atoms with van der Waals surface area (Å²) in [4.78, 5) is 30.2. The molecule has 26 heavy (non-hydrogen) atoms. The second-order valence-electron chi connectivity index (χ2n) is 6.08. The molecule has 0 unspecified atom stereocenters. The maximum atomic E-state index is 12.5. The number of amides is 2. The number of nitrogens with zero attached hydrogens (tertiary/aromatic N) is 2. The molecule has 1 atom stereocenters. The number of hydrogen-bond acceptors (Lipinski definition) is 4. The van der Waals surface area contributed by atoms with Crippen LogP contribution in [-0.2, 0) is 16.1 Å². The van der Waals surface area contributed by atoms with Crippen LogP contribution in [-0.4, -0.2) is 28.8 Å². The standard InChI is InChI=1S/C20H21N3O3/c1-14(24)23-10-9-16-5-3-4-6-17(16)18(23)11-19(25)21-12-15-7-8-20(26-2)22-13-15/h3-10,13,18H,11-12H2,1-2H3,(H,21,25)/t18-/m1/s1. The van der Waals surface area contributed by atoms with E-state index in [-0.39, 0.29) is 24.3 Å². The molecule has 1 aliphatic heterocycles. The van der Waals surface area contributed by atoms with Gasteiger partial charge in [-0.25, -0.2) is 4.98 Å². The molecule has 2 amide bonds. The Hall–Kier alpha value is -3.15. The first kappa shape index (κ1) is 17.7. The third kappa shape index (κ3) is 3.91. The van der Waals surface area contributed by atoms with Crippen LogP contribution in [0.3, 0.4) is 0 Å². The summed E-state index contributed by atoms with van der Waals surface area (Å²) in [6, 6.07) is 11.1. The number of aromatic nitrogens is 1. The summed E-state index contributed by atoms with van der Waals surface area (Å²) >= 11 is 0. The van der Waals surface area contributed by atoms with Crippen molar-refractivity contribution in [3.05, 3.63) is 65.5 Å². The second kappa shape index (κ2) is 7.82. The average molecular weight is 351 g/mol. The molecule has 0 spiro atoms. The molecule has 0 saturated carbocycles. The van der Waals surface area contributed by atoms with Gasteiger partial charge in [-0.2, -0.15) is 0 Å². The summed E-state index contributed by atoms with van der Waals surface area (Å²) in [5.74, 6) is 0.317. The summed E-state index contributed by atoms with van der Waals surface area (Å²) in [5, 5.41) is 2.89. The van der Waals surface area contributed by atoms with E-state index in [0.29, 0.717) is 12.4 Å². The van der Waals surface area contributed by atoms with Crippen LogP contribution in [0.15, 0.2) is 48.8 Å². The molecule has 0 radical (unpaired) electrons. The van der Waals surface area contributed by atoms with E-state index < -0.39 is 0 Å². The summed E-state index contributed by atoms with van der Waals surface area (Å²) in [6.45, 7) is 1.88. The number of pyridine rings is 1. The van der Waals surface area contributed by atoms with Crippen molar-refractivity contribution < 1.29 is 14.3 Å². The van der Waals surface area contributed by atoms with Gasteiger partial charge >= 0.3 is 0 Å². The molecule has 1 aromatic heterocycles. The number of ether oxygens (including phenoxy) is 1. The van der Waals surface area contributed by atoms with Gasteiger partial charge in [-0.05, 0) is 22.8 Å². The fraction of sp³-hybridized carbons (Fsp3) is 0.250. The van der Waals surface area contributed by atoms with E-state index in [9.17, 15) is 9.59 Å². The maximum Gasteiger partial charge on any atom is 0.223 e. The highest BCUT2D eigenvalue weighted by atomic mass is 16.5. The highest BCUT2D eigenvalue weighted by Crippen LogP contribution is 2.32. The number of carbonyl (C=O) groups is 2. The van der Waals surface area contributed by atoms with Gasteiger partial charge in [0.25, 0.3) is 0 Å². The Bertz CT molecular complexity index is 830. The van der Waals surface area contributed by atoms with Crippen molar-refractivity contribution in [3.63, 3.8) is 0 Å². The molecule has 6 nitrogen and oxygen atoms in total. The number of carbonyl (C=O) groups excluding carboxylic acids is 2. The molecule has 1 N–H and O–H groups in total. The van der Waals surface area contributed by atoms with E-state index in [1.165, 1.54) is 6.92 Å². The zero-order valence-electron chi connectivity index (χ0n) is 14.8. The molecule has 0 fully saturated rings. The molecular weight excluding hydrogens is 330 g/mol. The van der Waals surface area contributed by atoms with Crippen molar-refractivity contribution in [2.75, 3.05) is 7.11 Å². The lowest BCUT2D eigenvalue weighted by Crippen LogP contribution is -2.35. The summed E-state index contributed by atoms with van der Waals surface area (Å²) in [7, 11) is 1.56. The molecule has 2 aromatic rings. The van der Waals surface area contributed by atoms with Gasteiger partial charge in [0, 0.05) is 31.9 Å². The highest BCUT2D eigenvalue weighted by Gasteiger charge is 2.27. The molecule has 6 heteroatoms. The minimum atomic E-state index is -0.303. The Balaban J connectivity index is 1.68. The van der Waals surface area contributed by atoms with Crippen LogP contribution in [0.25, 0.3) is 6.08 Å². The van der Waals surface area contributed by atoms with Crippen molar-refractivity contribution in [1.29, 1.82) is 0 Å². The Morgan fingerprint density at radius 3 is 2.73 bits per heavy atom. The minimum absolute atomic E-state index is 0.0899. The van der Waals surface area contributed by atoms with E-state index in [2.05, 4.69) is 10.3 Å². The number of nitrogens with one attached hydrogen (secondary N) is 1. The van der Waals surface area contributed by atoms with Gasteiger partial charge in [0.1, 0.15) is 0 Å². The Labute approximate surface area is 152 Å². The van der Waals surface area contributed by atoms with Gasteiger partial charge in [-0.3, -0.25) is 9.59 Å². The third-order valence-corrected chi connectivity index (χ3v) is 4.34. The minimum Gasteiger partial charge on any atom is -0.481 e. The van der Waals surface area contributed by atoms with Gasteiger partial charge in [-0.15, -0.1) is 0 Å². The van der Waals surface area contributed by atoms with Gasteiger partial charge in [0.05, 0.1) is 19.6 Å². The molecule has 0 saturated heterocycles. The van der Waals surface area contributed by atoms with E-state index in [1.54, 1.807) is 30.5 Å². The zero-order chi connectivity index (χ0) is 18.5. The van der Waals surface area contributed by atoms with E-state index >= 15 is 0 Å². The summed E-state index contributed by atoms with van der Waals surface area (Å²) < 4.78 is 5.02. The first-order valence-electron chi connectivity index (χ1n) is 8.40. The SMILES string of the molecule is COc1ccc(CNC(=O)C[C@@H]2c3ccccc3C=CN2C(C)=O)cn1. The molecule has 3 rings (SSSR count). The predicted molar refractivity (Wildman–Crippen MR) is 98.0 cm³/mol. The first-order valence-corrected chi connectivity index (χ1v) is 8.40. The smallest absolute Gasteiger partial charge is 0.223 e. The van der Waals surface area contributed by atoms with Crippen LogP contribution in [0.5, 0.6) is 5.88 Å². The predicted octanol–water partition coefficient (Wildman–Crippen LogP) is 2.67. The lowest BCUT2D eigenvalue weighted by Gasteiger charge is -2.32. The molecule has 134 valence electrons. The van der Waals surface area contributed by atoms with Crippen LogP contribution in [0.4, 0.5) is 0 Å². The van der Waals surface area contributed by atoms with Crippen LogP contribution in [0.1, 0.15) is 36.1 Å². The van der Waals surface area contributed by atoms with E-state index in [0.717, 1.165) is 16.7 Å². The Morgan fingerprint density at radius 2 is 2.04 bits per heavy atom. The van der Waals surface area contributed by atoms with Gasteiger partial charge in [0.2, 0.25) is 17.7 Å². The van der Waals surface area contributed by atoms with Gasteiger partial charge in [0.15, 0.2) is 0 Å². The fourth-order valence-electron chi connectivity index (χ4n) is 3.00. The van der Waals surface area contributed by atoms with Crippen molar-refractivity contribution in [2.45, 2.75) is 25.9 Å². The van der Waals surface area contributed by atoms with Crippen LogP contribution < -0.4 is 10.1 Å². The van der Waals surface area contributed by atoms with Crippen molar-refractivity contribution in [1.82, 2.24) is 15.2 Å². The fourth-order valence-corrected chi connectivity index (χ4v) is 3.00. The molecule has 1 aromatic carbocycles. The van der Waals surface area contributed by atoms with E-state index in [1.807, 2.05) is 36.4 Å². The maximum absolute atomic E-state index is 12.5. The normalized spacial score (nSPS) is 15.3. The van der Waals surface area contributed by atoms with Gasteiger partial charge in [-0.1, -0.05) is 30.3 Å². The van der Waals surface area contributed by atoms with Crippen LogP contribution in [0.2, 0.25) is 0 Å². The molecule has 1 aliphatic rings. The topological polar surface area (TPSA) is 71.5 Å². The third-order valence-electron chi connectivity index (χ3n) is 4.34. The summed E-state index contributed by atoms with van der Waals surface area (Å²) in [5.41, 5.74) is 2.89. The number of hydrogen-bond donors (Lipinski definition) is 1. The highest BCUT2D eigenvalue weighted by molar-refractivity contribution is 5.81. The monoisotopic (exact) mass is 351 g/mol. The van der Waals surface area contributed by atoms with Gasteiger partial charge < -0.3 is 15.0 Å². The van der Waals surface area contributed by atoms with Crippen LogP contribution >= 0.6 is 0 Å². The average Bonchev–Trinajstić information content (AvgIpc) is 2.66. The van der Waals surface area contributed by atoms with E-state index in [4.69, 9.17) is 4.74 Å². The number of fused-ring (bicyclic) bond motifs is 1.